The highest BCUT2D eigenvalue weighted by Crippen LogP contribution is 2.38. The number of aryl methyl sites for hydroxylation is 2. The number of nitrogens with zero attached hydrogens (tertiary/aromatic N) is 6. The SMILES string of the molecule is COc1cccc(OC)c1-n1c(NSCCc2ncc(F)c3c2ncn3C)nnc1-c1ccco1. The van der Waals surface area contributed by atoms with Crippen molar-refractivity contribution in [2.75, 3.05) is 24.7 Å². The lowest BCUT2D eigenvalue weighted by Crippen LogP contribution is -2.07. The van der Waals surface area contributed by atoms with Crippen LogP contribution in [0.3, 0.4) is 0 Å². The number of aromatic nitrogens is 6. The maximum Gasteiger partial charge on any atom is 0.239 e. The molecule has 0 aliphatic rings. The number of nitrogens with one attached hydrogen (secondary N) is 1. The van der Waals surface area contributed by atoms with Crippen molar-refractivity contribution in [3.63, 3.8) is 0 Å². The molecule has 0 saturated heterocycles. The molecule has 180 valence electrons. The molecular formula is C23H22FN7O3S. The fourth-order valence-electron chi connectivity index (χ4n) is 3.81. The molecule has 10 nitrogen and oxygen atoms in total. The second-order valence-corrected chi connectivity index (χ2v) is 8.38. The zero-order valence-electron chi connectivity index (χ0n) is 19.2. The molecule has 12 heteroatoms. The van der Waals surface area contributed by atoms with Crippen LogP contribution in [0, 0.1) is 5.82 Å². The maximum atomic E-state index is 14.1. The number of anilines is 1. The molecular weight excluding hydrogens is 473 g/mol. The zero-order chi connectivity index (χ0) is 24.4. The van der Waals surface area contributed by atoms with Gasteiger partial charge < -0.3 is 18.5 Å². The number of hydrogen-bond donors (Lipinski definition) is 1. The van der Waals surface area contributed by atoms with Crippen molar-refractivity contribution in [3.8, 4) is 28.8 Å². The van der Waals surface area contributed by atoms with Crippen molar-refractivity contribution in [1.82, 2.24) is 29.3 Å². The summed E-state index contributed by atoms with van der Waals surface area (Å²) in [5.41, 5.74) is 2.36. The average molecular weight is 496 g/mol. The van der Waals surface area contributed by atoms with E-state index in [0.717, 1.165) is 5.69 Å². The summed E-state index contributed by atoms with van der Waals surface area (Å²) in [6, 6.07) is 9.09. The van der Waals surface area contributed by atoms with Gasteiger partial charge in [0.2, 0.25) is 11.8 Å². The molecule has 0 aliphatic carbocycles. The molecule has 35 heavy (non-hydrogen) atoms. The van der Waals surface area contributed by atoms with Gasteiger partial charge in [-0.25, -0.2) is 9.37 Å². The standard InChI is InChI=1S/C23H22FN7O3S/c1-30-13-26-19-15(25-12-14(24)20(19)30)9-11-35-29-23-28-27-22(18-8-5-10-34-18)31(23)21-16(32-2)6-4-7-17(21)33-3/h4-8,10,12-13H,9,11H2,1-3H3,(H,28,29). The van der Waals surface area contributed by atoms with Gasteiger partial charge in [-0.1, -0.05) is 6.07 Å². The summed E-state index contributed by atoms with van der Waals surface area (Å²) in [6.45, 7) is 0. The number of pyridine rings is 1. The van der Waals surface area contributed by atoms with Gasteiger partial charge in [0.1, 0.15) is 28.2 Å². The molecule has 0 amide bonds. The Balaban J connectivity index is 1.43. The molecule has 0 saturated carbocycles. The van der Waals surface area contributed by atoms with E-state index < -0.39 is 0 Å². The smallest absolute Gasteiger partial charge is 0.239 e. The van der Waals surface area contributed by atoms with Gasteiger partial charge in [0.25, 0.3) is 0 Å². The van der Waals surface area contributed by atoms with Crippen molar-refractivity contribution in [2.24, 2.45) is 7.05 Å². The maximum absolute atomic E-state index is 14.1. The van der Waals surface area contributed by atoms with Gasteiger partial charge in [-0.05, 0) is 36.2 Å². The molecule has 4 aromatic heterocycles. The van der Waals surface area contributed by atoms with E-state index in [1.807, 2.05) is 18.2 Å². The molecule has 0 bridgehead atoms. The third kappa shape index (κ3) is 4.16. The zero-order valence-corrected chi connectivity index (χ0v) is 20.0. The number of hydrogen-bond acceptors (Lipinski definition) is 9. The van der Waals surface area contributed by atoms with Crippen LogP contribution in [0.1, 0.15) is 5.69 Å². The average Bonchev–Trinajstić information content (AvgIpc) is 3.63. The Labute approximate surface area is 204 Å². The van der Waals surface area contributed by atoms with E-state index in [2.05, 4.69) is 24.9 Å². The van der Waals surface area contributed by atoms with E-state index in [1.54, 1.807) is 55.1 Å². The second kappa shape index (κ2) is 9.66. The van der Waals surface area contributed by atoms with E-state index in [4.69, 9.17) is 13.9 Å². The van der Waals surface area contributed by atoms with E-state index >= 15 is 0 Å². The third-order valence-corrected chi connectivity index (χ3v) is 6.14. The van der Waals surface area contributed by atoms with Crippen LogP contribution in [0.15, 0.2) is 53.5 Å². The highest BCUT2D eigenvalue weighted by Gasteiger charge is 2.23. The summed E-state index contributed by atoms with van der Waals surface area (Å²) in [7, 11) is 4.93. The number of methoxy groups -OCH3 is 2. The highest BCUT2D eigenvalue weighted by atomic mass is 32.2. The molecule has 5 rings (SSSR count). The van der Waals surface area contributed by atoms with Crippen molar-refractivity contribution in [2.45, 2.75) is 6.42 Å². The van der Waals surface area contributed by atoms with Crippen LogP contribution in [0.2, 0.25) is 0 Å². The summed E-state index contributed by atoms with van der Waals surface area (Å²) >= 11 is 1.41. The first-order valence-corrected chi connectivity index (χ1v) is 11.6. The van der Waals surface area contributed by atoms with Crippen LogP contribution in [0.25, 0.3) is 28.3 Å². The molecule has 0 radical (unpaired) electrons. The second-order valence-electron chi connectivity index (χ2n) is 7.48. The van der Waals surface area contributed by atoms with E-state index in [0.29, 0.717) is 57.9 Å². The van der Waals surface area contributed by atoms with Crippen LogP contribution in [-0.4, -0.2) is 49.3 Å². The number of rotatable bonds is 9. The van der Waals surface area contributed by atoms with Crippen molar-refractivity contribution >= 4 is 28.9 Å². The number of benzene rings is 1. The summed E-state index contributed by atoms with van der Waals surface area (Å²) < 4.78 is 37.6. The first-order chi connectivity index (χ1) is 17.1. The topological polar surface area (TPSA) is 105 Å². The predicted molar refractivity (Wildman–Crippen MR) is 130 cm³/mol. The number of halogens is 1. The van der Waals surface area contributed by atoms with Crippen LogP contribution >= 0.6 is 11.9 Å². The number of furan rings is 1. The van der Waals surface area contributed by atoms with E-state index in [-0.39, 0.29) is 5.82 Å². The predicted octanol–water partition coefficient (Wildman–Crippen LogP) is 4.27. The Bertz CT molecular complexity index is 1440. The van der Waals surface area contributed by atoms with Crippen LogP contribution in [0.4, 0.5) is 10.3 Å². The largest absolute Gasteiger partial charge is 0.494 e. The fraction of sp³-hybridized carbons (Fsp3) is 0.217. The molecule has 1 aromatic carbocycles. The lowest BCUT2D eigenvalue weighted by atomic mass is 10.2. The van der Waals surface area contributed by atoms with Crippen LogP contribution in [0.5, 0.6) is 11.5 Å². The Morgan fingerprint density at radius 3 is 2.60 bits per heavy atom. The monoisotopic (exact) mass is 495 g/mol. The molecule has 1 N–H and O–H groups in total. The molecule has 0 spiro atoms. The van der Waals surface area contributed by atoms with Gasteiger partial charge >= 0.3 is 0 Å². The summed E-state index contributed by atoms with van der Waals surface area (Å²) in [4.78, 5) is 8.55. The van der Waals surface area contributed by atoms with Gasteiger partial charge in [-0.2, -0.15) is 0 Å². The number of ether oxygens (including phenoxy) is 2. The first kappa shape index (κ1) is 22.7. The normalized spacial score (nSPS) is 11.2. The summed E-state index contributed by atoms with van der Waals surface area (Å²) in [5.74, 6) is 2.87. The highest BCUT2D eigenvalue weighted by molar-refractivity contribution is 8.00. The Morgan fingerprint density at radius 2 is 1.89 bits per heavy atom. The molecule has 0 fully saturated rings. The fourth-order valence-corrected chi connectivity index (χ4v) is 4.46. The van der Waals surface area contributed by atoms with Crippen LogP contribution < -0.4 is 14.2 Å². The number of imidazole rings is 1. The quantitative estimate of drug-likeness (QED) is 0.237. The number of para-hydroxylation sites is 1. The summed E-state index contributed by atoms with van der Waals surface area (Å²) in [6.07, 6.45) is 4.97. The van der Waals surface area contributed by atoms with Gasteiger partial charge in [0.15, 0.2) is 11.6 Å². The Morgan fingerprint density at radius 1 is 1.09 bits per heavy atom. The molecule has 0 atom stereocenters. The minimum absolute atomic E-state index is 0.390. The molecule has 0 unspecified atom stereocenters. The summed E-state index contributed by atoms with van der Waals surface area (Å²) in [5, 5.41) is 8.68. The Hall–Kier alpha value is -4.06. The molecule has 5 aromatic rings. The molecule has 0 aliphatic heterocycles. The van der Waals surface area contributed by atoms with Gasteiger partial charge in [0.05, 0.1) is 38.7 Å². The minimum atomic E-state index is -0.390. The lowest BCUT2D eigenvalue weighted by Gasteiger charge is -2.16. The van der Waals surface area contributed by atoms with Gasteiger partial charge in [0, 0.05) is 19.2 Å². The van der Waals surface area contributed by atoms with Gasteiger partial charge in [-0.3, -0.25) is 14.3 Å². The van der Waals surface area contributed by atoms with E-state index in [1.165, 1.54) is 18.1 Å². The lowest BCUT2D eigenvalue weighted by molar-refractivity contribution is 0.391. The first-order valence-electron chi connectivity index (χ1n) is 10.6. The third-order valence-electron chi connectivity index (χ3n) is 5.40. The minimum Gasteiger partial charge on any atom is -0.494 e. The van der Waals surface area contributed by atoms with E-state index in [9.17, 15) is 4.39 Å². The van der Waals surface area contributed by atoms with Crippen LogP contribution in [-0.2, 0) is 13.5 Å². The van der Waals surface area contributed by atoms with Crippen molar-refractivity contribution < 1.29 is 18.3 Å². The van der Waals surface area contributed by atoms with Crippen molar-refractivity contribution in [3.05, 3.63) is 60.6 Å². The number of fused-ring (bicyclic) bond motifs is 1. The van der Waals surface area contributed by atoms with Gasteiger partial charge in [-0.15, -0.1) is 10.2 Å². The molecule has 4 heterocycles. The Kier molecular flexibility index (Phi) is 6.27. The van der Waals surface area contributed by atoms with Crippen molar-refractivity contribution in [1.29, 1.82) is 0 Å².